The van der Waals surface area contributed by atoms with Crippen molar-refractivity contribution in [1.29, 1.82) is 0 Å². The molecule has 4 aromatic rings. The maximum atomic E-state index is 14.6. The van der Waals surface area contributed by atoms with Gasteiger partial charge >= 0.3 is 0 Å². The second-order valence-corrected chi connectivity index (χ2v) is 13.5. The second kappa shape index (κ2) is 15.2. The highest BCUT2D eigenvalue weighted by Gasteiger charge is 2.35. The summed E-state index contributed by atoms with van der Waals surface area (Å²) in [6.45, 7) is 7.16. The van der Waals surface area contributed by atoms with Crippen LogP contribution in [0.3, 0.4) is 0 Å². The molecule has 0 heterocycles. The zero-order valence-electron chi connectivity index (χ0n) is 26.1. The number of halogens is 1. The van der Waals surface area contributed by atoms with Gasteiger partial charge in [-0.2, -0.15) is 0 Å². The van der Waals surface area contributed by atoms with E-state index in [4.69, 9.17) is 11.6 Å². The van der Waals surface area contributed by atoms with Crippen molar-refractivity contribution in [3.63, 3.8) is 0 Å². The van der Waals surface area contributed by atoms with E-state index in [1.165, 1.54) is 17.0 Å². The number of sulfonamides is 1. The van der Waals surface area contributed by atoms with Crippen molar-refractivity contribution in [1.82, 2.24) is 10.2 Å². The van der Waals surface area contributed by atoms with Crippen molar-refractivity contribution >= 4 is 39.1 Å². The van der Waals surface area contributed by atoms with E-state index in [1.54, 1.807) is 48.5 Å². The zero-order valence-corrected chi connectivity index (χ0v) is 27.7. The molecule has 2 atom stereocenters. The fourth-order valence-electron chi connectivity index (χ4n) is 5.07. The number of hydrogen-bond acceptors (Lipinski definition) is 4. The van der Waals surface area contributed by atoms with Gasteiger partial charge in [0.2, 0.25) is 11.8 Å². The van der Waals surface area contributed by atoms with E-state index < -0.39 is 28.5 Å². The number of amides is 2. The van der Waals surface area contributed by atoms with Crippen molar-refractivity contribution < 1.29 is 18.0 Å². The van der Waals surface area contributed by atoms with Gasteiger partial charge in [0, 0.05) is 24.0 Å². The molecule has 0 aromatic heterocycles. The summed E-state index contributed by atoms with van der Waals surface area (Å²) < 4.78 is 29.5. The molecule has 0 aliphatic rings. The van der Waals surface area contributed by atoms with Crippen molar-refractivity contribution in [2.24, 2.45) is 0 Å². The molecule has 4 aromatic carbocycles. The lowest BCUT2D eigenvalue weighted by Gasteiger charge is -2.34. The molecule has 45 heavy (non-hydrogen) atoms. The Morgan fingerprint density at radius 3 is 2.11 bits per heavy atom. The molecule has 0 spiro atoms. The lowest BCUT2D eigenvalue weighted by Crippen LogP contribution is -2.54. The molecule has 0 bridgehead atoms. The first-order valence-corrected chi connectivity index (χ1v) is 16.8. The second-order valence-electron chi connectivity index (χ2n) is 11.2. The lowest BCUT2D eigenvalue weighted by atomic mass is 10.0. The molecule has 0 aliphatic carbocycles. The van der Waals surface area contributed by atoms with Gasteiger partial charge in [0.15, 0.2) is 0 Å². The summed E-state index contributed by atoms with van der Waals surface area (Å²) in [6, 6.07) is 29.0. The first kappa shape index (κ1) is 33.7. The largest absolute Gasteiger partial charge is 0.352 e. The molecule has 0 radical (unpaired) electrons. The SMILES string of the molecule is CC[C@@H](C)NC(=O)[C@@H](Cc1ccccc1)N(Cc1cccc(Cl)c1)C(=O)CN(c1cccc(C)c1C)S(=O)(=O)c1ccccc1. The molecule has 0 saturated carbocycles. The minimum Gasteiger partial charge on any atom is -0.352 e. The normalized spacial score (nSPS) is 12.6. The highest BCUT2D eigenvalue weighted by atomic mass is 35.5. The summed E-state index contributed by atoms with van der Waals surface area (Å²) in [6.07, 6.45) is 0.950. The third-order valence-electron chi connectivity index (χ3n) is 7.97. The Hall–Kier alpha value is -4.14. The van der Waals surface area contributed by atoms with Crippen LogP contribution in [0.5, 0.6) is 0 Å². The highest BCUT2D eigenvalue weighted by Crippen LogP contribution is 2.29. The Morgan fingerprint density at radius 1 is 0.844 bits per heavy atom. The number of carbonyl (C=O) groups is 2. The topological polar surface area (TPSA) is 86.8 Å². The summed E-state index contributed by atoms with van der Waals surface area (Å²) in [5, 5.41) is 3.54. The molecule has 7 nitrogen and oxygen atoms in total. The van der Waals surface area contributed by atoms with E-state index in [0.717, 1.165) is 26.6 Å². The van der Waals surface area contributed by atoms with Crippen LogP contribution in [-0.4, -0.2) is 43.8 Å². The van der Waals surface area contributed by atoms with Crippen LogP contribution < -0.4 is 9.62 Å². The summed E-state index contributed by atoms with van der Waals surface area (Å²) in [7, 11) is -4.17. The van der Waals surface area contributed by atoms with Crippen LogP contribution in [-0.2, 0) is 32.6 Å². The molecule has 0 fully saturated rings. The quantitative estimate of drug-likeness (QED) is 0.175. The van der Waals surface area contributed by atoms with Crippen LogP contribution in [0.2, 0.25) is 5.02 Å². The number of anilines is 1. The standard InChI is InChI=1S/C36H40ClN3O4S/c1-5-27(3)38-36(42)34(23-29-15-8-6-9-16-29)39(24-30-17-13-18-31(37)22-30)35(41)25-40(33-21-12-14-26(2)28(33)4)45(43,44)32-19-10-7-11-20-32/h6-22,27,34H,5,23-25H2,1-4H3,(H,38,42)/t27-,34-/m1/s1. The average molecular weight is 646 g/mol. The molecule has 0 aliphatic heterocycles. The maximum absolute atomic E-state index is 14.6. The third kappa shape index (κ3) is 8.53. The van der Waals surface area contributed by atoms with Crippen LogP contribution >= 0.6 is 11.6 Å². The molecule has 9 heteroatoms. The lowest BCUT2D eigenvalue weighted by molar-refractivity contribution is -0.140. The predicted octanol–water partition coefficient (Wildman–Crippen LogP) is 6.71. The van der Waals surface area contributed by atoms with E-state index in [0.29, 0.717) is 17.1 Å². The number of benzene rings is 4. The molecule has 0 unspecified atom stereocenters. The van der Waals surface area contributed by atoms with Crippen LogP contribution in [0, 0.1) is 13.8 Å². The number of rotatable bonds is 13. The Labute approximate surface area is 271 Å². The Kier molecular flexibility index (Phi) is 11.4. The first-order valence-electron chi connectivity index (χ1n) is 15.0. The van der Waals surface area contributed by atoms with Crippen molar-refractivity contribution in [2.45, 2.75) is 64.1 Å². The number of aryl methyl sites for hydroxylation is 1. The van der Waals surface area contributed by atoms with E-state index in [1.807, 2.05) is 70.2 Å². The van der Waals surface area contributed by atoms with Gasteiger partial charge in [-0.3, -0.25) is 13.9 Å². The molecule has 2 amide bonds. The maximum Gasteiger partial charge on any atom is 0.264 e. The molecule has 4 rings (SSSR count). The molecule has 1 N–H and O–H groups in total. The Morgan fingerprint density at radius 2 is 1.47 bits per heavy atom. The third-order valence-corrected chi connectivity index (χ3v) is 9.98. The number of nitrogens with one attached hydrogen (secondary N) is 1. The number of hydrogen-bond donors (Lipinski definition) is 1. The van der Waals surface area contributed by atoms with E-state index in [-0.39, 0.29) is 29.8 Å². The van der Waals surface area contributed by atoms with Crippen molar-refractivity contribution in [3.8, 4) is 0 Å². The Balaban J connectivity index is 1.83. The minimum atomic E-state index is -4.17. The van der Waals surface area contributed by atoms with Gasteiger partial charge in [0.25, 0.3) is 10.0 Å². The molecule has 0 saturated heterocycles. The van der Waals surface area contributed by atoms with Gasteiger partial charge in [-0.15, -0.1) is 0 Å². The summed E-state index contributed by atoms with van der Waals surface area (Å²) in [5.41, 5.74) is 3.61. The summed E-state index contributed by atoms with van der Waals surface area (Å²) in [4.78, 5) is 30.1. The zero-order chi connectivity index (χ0) is 32.6. The van der Waals surface area contributed by atoms with Gasteiger partial charge in [-0.05, 0) is 79.8 Å². The van der Waals surface area contributed by atoms with Crippen molar-refractivity contribution in [2.75, 3.05) is 10.8 Å². The van der Waals surface area contributed by atoms with Crippen LogP contribution in [0.4, 0.5) is 5.69 Å². The van der Waals surface area contributed by atoms with Gasteiger partial charge in [-0.25, -0.2) is 8.42 Å². The van der Waals surface area contributed by atoms with E-state index in [2.05, 4.69) is 5.32 Å². The molecular weight excluding hydrogens is 606 g/mol. The van der Waals surface area contributed by atoms with Gasteiger partial charge in [-0.1, -0.05) is 91.3 Å². The predicted molar refractivity (Wildman–Crippen MR) is 181 cm³/mol. The fourth-order valence-corrected chi connectivity index (χ4v) is 6.77. The van der Waals surface area contributed by atoms with Crippen LogP contribution in [0.25, 0.3) is 0 Å². The minimum absolute atomic E-state index is 0.0524. The molecule has 236 valence electrons. The van der Waals surface area contributed by atoms with Gasteiger partial charge < -0.3 is 10.2 Å². The van der Waals surface area contributed by atoms with E-state index in [9.17, 15) is 18.0 Å². The van der Waals surface area contributed by atoms with Crippen LogP contribution in [0.1, 0.15) is 42.5 Å². The monoisotopic (exact) mass is 645 g/mol. The first-order chi connectivity index (χ1) is 21.5. The number of carbonyl (C=O) groups excluding carboxylic acids is 2. The summed E-state index contributed by atoms with van der Waals surface area (Å²) >= 11 is 6.32. The number of nitrogens with zero attached hydrogens (tertiary/aromatic N) is 2. The summed E-state index contributed by atoms with van der Waals surface area (Å²) in [5.74, 6) is -0.830. The van der Waals surface area contributed by atoms with Crippen molar-refractivity contribution in [3.05, 3.63) is 130 Å². The van der Waals surface area contributed by atoms with E-state index >= 15 is 0 Å². The average Bonchev–Trinajstić information content (AvgIpc) is 3.03. The van der Waals surface area contributed by atoms with Gasteiger partial charge in [0.1, 0.15) is 12.6 Å². The van der Waals surface area contributed by atoms with Gasteiger partial charge in [0.05, 0.1) is 10.6 Å². The molecular formula is C36H40ClN3O4S. The highest BCUT2D eigenvalue weighted by molar-refractivity contribution is 7.92. The fraction of sp³-hybridized carbons (Fsp3) is 0.278. The van der Waals surface area contributed by atoms with Crippen LogP contribution in [0.15, 0.2) is 108 Å². The Bertz CT molecular complexity index is 1720. The smallest absolute Gasteiger partial charge is 0.264 e.